The zero-order chi connectivity index (χ0) is 14.0. The van der Waals surface area contributed by atoms with Gasteiger partial charge in [0.2, 0.25) is 10.0 Å². The molecule has 1 aromatic carbocycles. The molecular weight excluding hydrogens is 280 g/mol. The molecule has 0 aliphatic heterocycles. The molecule has 0 bridgehead atoms. The monoisotopic (exact) mass is 296 g/mol. The van der Waals surface area contributed by atoms with Crippen LogP contribution in [0.2, 0.25) is 0 Å². The van der Waals surface area contributed by atoms with E-state index in [9.17, 15) is 8.42 Å². The van der Waals surface area contributed by atoms with Crippen LogP contribution in [0.3, 0.4) is 0 Å². The first kappa shape index (κ1) is 14.2. The summed E-state index contributed by atoms with van der Waals surface area (Å²) >= 11 is 1.52. The first-order valence-electron chi connectivity index (χ1n) is 5.83. The Balaban J connectivity index is 2.21. The van der Waals surface area contributed by atoms with Gasteiger partial charge in [-0.1, -0.05) is 17.7 Å². The van der Waals surface area contributed by atoms with Gasteiger partial charge in [-0.25, -0.2) is 13.4 Å². The number of thiazole rings is 1. The fourth-order valence-corrected chi connectivity index (χ4v) is 3.43. The molecule has 0 radical (unpaired) electrons. The van der Waals surface area contributed by atoms with Crippen molar-refractivity contribution in [3.8, 4) is 0 Å². The number of sulfonamides is 1. The van der Waals surface area contributed by atoms with Crippen LogP contribution >= 0.6 is 11.3 Å². The number of aryl methyl sites for hydroxylation is 2. The molecule has 0 fully saturated rings. The predicted octanol–water partition coefficient (Wildman–Crippen LogP) is 2.58. The van der Waals surface area contributed by atoms with Gasteiger partial charge in [-0.05, 0) is 26.0 Å². The standard InChI is InChI=1S/C13H16N2O2S2/c1-10-4-6-13(7-5-10)19(16,17)15(3)8-12-9-18-11(2)14-12/h4-7,9H,8H2,1-3H3. The Morgan fingerprint density at radius 2 is 1.84 bits per heavy atom. The zero-order valence-corrected chi connectivity index (χ0v) is 12.8. The van der Waals surface area contributed by atoms with Gasteiger partial charge >= 0.3 is 0 Å². The van der Waals surface area contributed by atoms with E-state index in [1.54, 1.807) is 31.3 Å². The summed E-state index contributed by atoms with van der Waals surface area (Å²) in [6.07, 6.45) is 0. The Hall–Kier alpha value is -1.24. The van der Waals surface area contributed by atoms with E-state index in [1.807, 2.05) is 19.2 Å². The van der Waals surface area contributed by atoms with E-state index in [-0.39, 0.29) is 0 Å². The number of rotatable bonds is 4. The van der Waals surface area contributed by atoms with Gasteiger partial charge in [-0.15, -0.1) is 11.3 Å². The largest absolute Gasteiger partial charge is 0.245 e. The number of nitrogens with zero attached hydrogens (tertiary/aromatic N) is 2. The van der Waals surface area contributed by atoms with Crippen molar-refractivity contribution in [3.63, 3.8) is 0 Å². The smallest absolute Gasteiger partial charge is 0.243 e. The lowest BCUT2D eigenvalue weighted by Gasteiger charge is -2.16. The van der Waals surface area contributed by atoms with Crippen molar-refractivity contribution in [1.82, 2.24) is 9.29 Å². The Bertz CT molecular complexity index is 660. The summed E-state index contributed by atoms with van der Waals surface area (Å²) < 4.78 is 26.0. The molecule has 0 atom stereocenters. The molecule has 4 nitrogen and oxygen atoms in total. The van der Waals surface area contributed by atoms with E-state index < -0.39 is 10.0 Å². The van der Waals surface area contributed by atoms with Crippen LogP contribution in [-0.2, 0) is 16.6 Å². The molecule has 1 aromatic heterocycles. The van der Waals surface area contributed by atoms with Gasteiger partial charge in [0.05, 0.1) is 22.1 Å². The lowest BCUT2D eigenvalue weighted by atomic mass is 10.2. The lowest BCUT2D eigenvalue weighted by Crippen LogP contribution is -2.26. The highest BCUT2D eigenvalue weighted by molar-refractivity contribution is 7.89. The molecule has 0 saturated heterocycles. The molecule has 0 unspecified atom stereocenters. The maximum atomic E-state index is 12.4. The highest BCUT2D eigenvalue weighted by atomic mass is 32.2. The van der Waals surface area contributed by atoms with Crippen LogP contribution in [-0.4, -0.2) is 24.8 Å². The van der Waals surface area contributed by atoms with Crippen molar-refractivity contribution in [3.05, 3.63) is 45.9 Å². The molecule has 0 N–H and O–H groups in total. The minimum atomic E-state index is -3.45. The average molecular weight is 296 g/mol. The van der Waals surface area contributed by atoms with Crippen LogP contribution in [0.15, 0.2) is 34.5 Å². The summed E-state index contributed by atoms with van der Waals surface area (Å²) in [6, 6.07) is 6.86. The topological polar surface area (TPSA) is 50.3 Å². The molecule has 0 saturated carbocycles. The van der Waals surface area contributed by atoms with Crippen molar-refractivity contribution in [1.29, 1.82) is 0 Å². The van der Waals surface area contributed by atoms with Gasteiger partial charge in [0.15, 0.2) is 0 Å². The third kappa shape index (κ3) is 3.20. The molecule has 0 aliphatic carbocycles. The fourth-order valence-electron chi connectivity index (χ4n) is 1.68. The minimum Gasteiger partial charge on any atom is -0.245 e. The van der Waals surface area contributed by atoms with Crippen LogP contribution in [0.25, 0.3) is 0 Å². The quantitative estimate of drug-likeness (QED) is 0.871. The summed E-state index contributed by atoms with van der Waals surface area (Å²) in [7, 11) is -1.87. The van der Waals surface area contributed by atoms with Gasteiger partial charge in [0.1, 0.15) is 0 Å². The van der Waals surface area contributed by atoms with Crippen molar-refractivity contribution in [2.75, 3.05) is 7.05 Å². The summed E-state index contributed by atoms with van der Waals surface area (Å²) in [6.45, 7) is 4.13. The molecule has 19 heavy (non-hydrogen) atoms. The van der Waals surface area contributed by atoms with Crippen LogP contribution in [0.5, 0.6) is 0 Å². The second-order valence-electron chi connectivity index (χ2n) is 4.43. The molecule has 1 heterocycles. The van der Waals surface area contributed by atoms with Crippen LogP contribution in [0.1, 0.15) is 16.3 Å². The molecule has 0 aliphatic rings. The molecule has 2 rings (SSSR count). The Kier molecular flexibility index (Phi) is 4.03. The van der Waals surface area contributed by atoms with Crippen molar-refractivity contribution >= 4 is 21.4 Å². The van der Waals surface area contributed by atoms with E-state index >= 15 is 0 Å². The van der Waals surface area contributed by atoms with Crippen LogP contribution in [0, 0.1) is 13.8 Å². The van der Waals surface area contributed by atoms with Gasteiger partial charge in [0.25, 0.3) is 0 Å². The second-order valence-corrected chi connectivity index (χ2v) is 7.54. The first-order chi connectivity index (χ1) is 8.89. The van der Waals surface area contributed by atoms with Gasteiger partial charge in [0, 0.05) is 12.4 Å². The average Bonchev–Trinajstić information content (AvgIpc) is 2.75. The SMILES string of the molecule is Cc1ccc(S(=O)(=O)N(C)Cc2csc(C)n2)cc1. The van der Waals surface area contributed by atoms with E-state index in [0.717, 1.165) is 16.3 Å². The molecule has 2 aromatic rings. The Morgan fingerprint density at radius 1 is 1.21 bits per heavy atom. The summed E-state index contributed by atoms with van der Waals surface area (Å²) in [5.74, 6) is 0. The Morgan fingerprint density at radius 3 is 2.37 bits per heavy atom. The Labute approximate surface area is 117 Å². The second kappa shape index (κ2) is 5.40. The molecule has 0 amide bonds. The van der Waals surface area contributed by atoms with E-state index in [2.05, 4.69) is 4.98 Å². The predicted molar refractivity (Wildman–Crippen MR) is 76.7 cm³/mol. The maximum Gasteiger partial charge on any atom is 0.243 e. The molecular formula is C13H16N2O2S2. The summed E-state index contributed by atoms with van der Waals surface area (Å²) in [5.41, 5.74) is 1.82. The minimum absolute atomic E-state index is 0.292. The maximum absolute atomic E-state index is 12.4. The van der Waals surface area contributed by atoms with Crippen LogP contribution < -0.4 is 0 Å². The third-order valence-electron chi connectivity index (χ3n) is 2.78. The normalized spacial score (nSPS) is 12.0. The molecule has 0 spiro atoms. The molecule has 6 heteroatoms. The number of hydrogen-bond donors (Lipinski definition) is 0. The lowest BCUT2D eigenvalue weighted by molar-refractivity contribution is 0.463. The van der Waals surface area contributed by atoms with Gasteiger partial charge in [-0.2, -0.15) is 4.31 Å². The van der Waals surface area contributed by atoms with Gasteiger partial charge < -0.3 is 0 Å². The van der Waals surface area contributed by atoms with Gasteiger partial charge in [-0.3, -0.25) is 0 Å². The summed E-state index contributed by atoms with van der Waals surface area (Å²) in [4.78, 5) is 4.60. The number of benzene rings is 1. The highest BCUT2D eigenvalue weighted by Gasteiger charge is 2.21. The zero-order valence-electron chi connectivity index (χ0n) is 11.1. The van der Waals surface area contributed by atoms with E-state index in [1.165, 1.54) is 15.6 Å². The van der Waals surface area contributed by atoms with E-state index in [0.29, 0.717) is 11.4 Å². The van der Waals surface area contributed by atoms with E-state index in [4.69, 9.17) is 0 Å². The number of aromatic nitrogens is 1. The van der Waals surface area contributed by atoms with Crippen molar-refractivity contribution < 1.29 is 8.42 Å². The highest BCUT2D eigenvalue weighted by Crippen LogP contribution is 2.18. The van der Waals surface area contributed by atoms with Crippen molar-refractivity contribution in [2.45, 2.75) is 25.3 Å². The molecule has 102 valence electrons. The van der Waals surface area contributed by atoms with Crippen molar-refractivity contribution in [2.24, 2.45) is 0 Å². The summed E-state index contributed by atoms with van der Waals surface area (Å²) in [5, 5.41) is 2.83. The first-order valence-corrected chi connectivity index (χ1v) is 8.15. The fraction of sp³-hybridized carbons (Fsp3) is 0.308. The number of hydrogen-bond acceptors (Lipinski definition) is 4. The van der Waals surface area contributed by atoms with Crippen LogP contribution in [0.4, 0.5) is 0 Å². The third-order valence-corrected chi connectivity index (χ3v) is 5.42.